The van der Waals surface area contributed by atoms with E-state index in [1.165, 1.54) is 18.1 Å². The molecular formula is C13H20N4O6. The van der Waals surface area contributed by atoms with E-state index in [1.54, 1.807) is 13.8 Å². The van der Waals surface area contributed by atoms with Gasteiger partial charge in [-0.1, -0.05) is 0 Å². The van der Waals surface area contributed by atoms with Crippen molar-refractivity contribution in [2.24, 2.45) is 5.73 Å². The summed E-state index contributed by atoms with van der Waals surface area (Å²) in [6.45, 7) is 4.87. The fraction of sp³-hybridized carbons (Fsp3) is 0.692. The van der Waals surface area contributed by atoms with Crippen molar-refractivity contribution >= 4 is 12.0 Å². The Bertz CT molecular complexity index is 551. The van der Waals surface area contributed by atoms with Gasteiger partial charge in [0.15, 0.2) is 12.0 Å². The zero-order valence-electron chi connectivity index (χ0n) is 13.1. The Hall–Kier alpha value is -2.04. The minimum atomic E-state index is -0.826. The molecule has 2 saturated heterocycles. The molecule has 0 spiro atoms. The molecule has 4 N–H and O–H groups in total. The van der Waals surface area contributed by atoms with Crippen molar-refractivity contribution in [1.29, 1.82) is 0 Å². The number of nitrogens with one attached hydrogen (secondary N) is 2. The van der Waals surface area contributed by atoms with Crippen molar-refractivity contribution in [3.8, 4) is 0 Å². The van der Waals surface area contributed by atoms with Gasteiger partial charge in [-0.05, 0) is 13.8 Å². The number of rotatable bonds is 3. The summed E-state index contributed by atoms with van der Waals surface area (Å²) >= 11 is 0. The summed E-state index contributed by atoms with van der Waals surface area (Å²) in [5.74, 6) is -1.05. The normalized spacial score (nSPS) is 35.2. The van der Waals surface area contributed by atoms with Crippen LogP contribution < -0.4 is 16.5 Å². The van der Waals surface area contributed by atoms with Crippen molar-refractivity contribution in [3.63, 3.8) is 0 Å². The Balaban J connectivity index is 1.78. The van der Waals surface area contributed by atoms with Crippen LogP contribution in [0, 0.1) is 0 Å². The minimum absolute atomic E-state index is 0.0138. The van der Waals surface area contributed by atoms with Crippen LogP contribution in [0.3, 0.4) is 0 Å². The number of hydrogen-bond acceptors (Lipinski definition) is 8. The first-order chi connectivity index (χ1) is 10.8. The smallest absolute Gasteiger partial charge is 0.344 e. The van der Waals surface area contributed by atoms with E-state index < -0.39 is 42.3 Å². The maximum Gasteiger partial charge on any atom is 0.344 e. The molecule has 3 aliphatic rings. The average Bonchev–Trinajstić information content (AvgIpc) is 2.90. The Labute approximate surface area is 132 Å². The highest BCUT2D eigenvalue weighted by Gasteiger charge is 2.58. The van der Waals surface area contributed by atoms with Gasteiger partial charge >= 0.3 is 12.0 Å². The highest BCUT2D eigenvalue weighted by molar-refractivity contribution is 5.76. The monoisotopic (exact) mass is 328 g/mol. The summed E-state index contributed by atoms with van der Waals surface area (Å²) in [5.41, 5.74) is 8.28. The molecule has 128 valence electrons. The fourth-order valence-electron chi connectivity index (χ4n) is 2.81. The largest absolute Gasteiger partial charge is 0.463 e. The standard InChI is InChI=1S/C13H20N4O6/c1-6(18)20-5-7-9-10(23-13(2,3)22-9)11(21-7)17-12(19)16-8(14)4-15-17/h4,7,9-11,15H,5,14H2,1-3H3,(H,16,19)/t7-,9-,10+,11-/m1/s1. The number of amides is 2. The lowest BCUT2D eigenvalue weighted by Crippen LogP contribution is -2.59. The Morgan fingerprint density at radius 2 is 2.13 bits per heavy atom. The second kappa shape index (κ2) is 5.55. The van der Waals surface area contributed by atoms with E-state index in [4.69, 9.17) is 24.7 Å². The molecule has 2 amide bonds. The SMILES string of the molecule is CC(=O)OC[C@H]1O[C@@H](N2NC=C(N)NC2=O)[C@H]2OC(C)(C)O[C@@H]21. The zero-order chi connectivity index (χ0) is 16.8. The van der Waals surface area contributed by atoms with Gasteiger partial charge in [-0.2, -0.15) is 0 Å². The van der Waals surface area contributed by atoms with Crippen LogP contribution in [0.2, 0.25) is 0 Å². The first-order valence-electron chi connectivity index (χ1n) is 7.23. The van der Waals surface area contributed by atoms with E-state index in [2.05, 4.69) is 10.7 Å². The highest BCUT2D eigenvalue weighted by Crippen LogP contribution is 2.39. The summed E-state index contributed by atoms with van der Waals surface area (Å²) in [6, 6.07) is -0.477. The van der Waals surface area contributed by atoms with Crippen molar-refractivity contribution in [2.45, 2.75) is 51.1 Å². The number of fused-ring (bicyclic) bond motifs is 1. The van der Waals surface area contributed by atoms with Crippen LogP contribution in [-0.4, -0.2) is 53.9 Å². The molecule has 3 aliphatic heterocycles. The molecule has 0 aromatic heterocycles. The van der Waals surface area contributed by atoms with Gasteiger partial charge in [-0.25, -0.2) is 9.80 Å². The van der Waals surface area contributed by atoms with Crippen molar-refractivity contribution < 1.29 is 28.5 Å². The van der Waals surface area contributed by atoms with E-state index in [0.717, 1.165) is 0 Å². The second-order valence-electron chi connectivity index (χ2n) is 5.96. The minimum Gasteiger partial charge on any atom is -0.463 e. The molecule has 0 aromatic rings. The maximum absolute atomic E-state index is 12.1. The predicted molar refractivity (Wildman–Crippen MR) is 74.9 cm³/mol. The molecular weight excluding hydrogens is 308 g/mol. The van der Waals surface area contributed by atoms with Gasteiger partial charge in [0.05, 0.1) is 6.20 Å². The molecule has 0 saturated carbocycles. The van der Waals surface area contributed by atoms with E-state index in [9.17, 15) is 9.59 Å². The zero-order valence-corrected chi connectivity index (χ0v) is 13.1. The maximum atomic E-state index is 12.1. The van der Waals surface area contributed by atoms with E-state index in [1.807, 2.05) is 0 Å². The summed E-state index contributed by atoms with van der Waals surface area (Å²) in [5, 5.41) is 3.70. The lowest BCUT2D eigenvalue weighted by Gasteiger charge is -2.34. The number of urea groups is 1. The summed E-state index contributed by atoms with van der Waals surface area (Å²) in [6.07, 6.45) is -0.871. The molecule has 0 bridgehead atoms. The highest BCUT2D eigenvalue weighted by atomic mass is 16.8. The molecule has 10 heteroatoms. The lowest BCUT2D eigenvalue weighted by molar-refractivity contribution is -0.209. The fourth-order valence-corrected chi connectivity index (χ4v) is 2.81. The number of hydrogen-bond donors (Lipinski definition) is 3. The molecule has 0 aromatic carbocycles. The molecule has 10 nitrogen and oxygen atoms in total. The molecule has 3 rings (SSSR count). The van der Waals surface area contributed by atoms with E-state index in [-0.39, 0.29) is 12.4 Å². The average molecular weight is 328 g/mol. The van der Waals surface area contributed by atoms with Gasteiger partial charge in [0.1, 0.15) is 30.7 Å². The Morgan fingerprint density at radius 1 is 1.43 bits per heavy atom. The number of esters is 1. The second-order valence-corrected chi connectivity index (χ2v) is 5.96. The third kappa shape index (κ3) is 3.05. The third-order valence-electron chi connectivity index (χ3n) is 3.66. The first-order valence-corrected chi connectivity index (χ1v) is 7.23. The Morgan fingerprint density at radius 3 is 2.78 bits per heavy atom. The van der Waals surface area contributed by atoms with E-state index in [0.29, 0.717) is 0 Å². The lowest BCUT2D eigenvalue weighted by atomic mass is 10.1. The Kier molecular flexibility index (Phi) is 3.82. The van der Waals surface area contributed by atoms with Crippen LogP contribution >= 0.6 is 0 Å². The third-order valence-corrected chi connectivity index (χ3v) is 3.66. The van der Waals surface area contributed by atoms with Crippen LogP contribution in [-0.2, 0) is 23.7 Å². The van der Waals surface area contributed by atoms with Gasteiger partial charge < -0.3 is 24.7 Å². The van der Waals surface area contributed by atoms with Crippen LogP contribution in [0.25, 0.3) is 0 Å². The molecule has 0 radical (unpaired) electrons. The van der Waals surface area contributed by atoms with Crippen molar-refractivity contribution in [3.05, 3.63) is 12.0 Å². The molecule has 0 aliphatic carbocycles. The van der Waals surface area contributed by atoms with Gasteiger partial charge in [-0.3, -0.25) is 15.5 Å². The van der Waals surface area contributed by atoms with E-state index >= 15 is 0 Å². The quantitative estimate of drug-likeness (QED) is 0.568. The number of carbonyl (C=O) groups excluding carboxylic acids is 2. The topological polar surface area (TPSA) is 124 Å². The van der Waals surface area contributed by atoms with Gasteiger partial charge in [0.2, 0.25) is 0 Å². The molecule has 23 heavy (non-hydrogen) atoms. The molecule has 0 unspecified atom stereocenters. The first kappa shape index (κ1) is 15.8. The molecule has 3 heterocycles. The number of nitrogens with zero attached hydrogens (tertiary/aromatic N) is 1. The number of hydrazine groups is 1. The summed E-state index contributed by atoms with van der Waals surface area (Å²) in [7, 11) is 0. The number of nitrogens with two attached hydrogens (primary N) is 1. The van der Waals surface area contributed by atoms with Crippen molar-refractivity contribution in [1.82, 2.24) is 15.8 Å². The number of ether oxygens (including phenoxy) is 4. The summed E-state index contributed by atoms with van der Waals surface area (Å²) in [4.78, 5) is 23.1. The molecule has 2 fully saturated rings. The summed E-state index contributed by atoms with van der Waals surface area (Å²) < 4.78 is 22.5. The number of carbonyl (C=O) groups is 2. The molecule has 4 atom stereocenters. The van der Waals surface area contributed by atoms with Gasteiger partial charge in [-0.15, -0.1) is 0 Å². The predicted octanol–water partition coefficient (Wildman–Crippen LogP) is -0.918. The van der Waals surface area contributed by atoms with Gasteiger partial charge in [0.25, 0.3) is 0 Å². The van der Waals surface area contributed by atoms with Gasteiger partial charge in [0, 0.05) is 6.92 Å². The van der Waals surface area contributed by atoms with Crippen LogP contribution in [0.5, 0.6) is 0 Å². The van der Waals surface area contributed by atoms with Crippen LogP contribution in [0.4, 0.5) is 4.79 Å². The van der Waals surface area contributed by atoms with Crippen LogP contribution in [0.15, 0.2) is 12.0 Å². The van der Waals surface area contributed by atoms with Crippen molar-refractivity contribution in [2.75, 3.05) is 6.61 Å². The van der Waals surface area contributed by atoms with Crippen LogP contribution in [0.1, 0.15) is 20.8 Å².